The predicted octanol–water partition coefficient (Wildman–Crippen LogP) is 1.19. The average molecular weight is 188 g/mol. The first-order chi connectivity index (χ1) is 6.86. The second kappa shape index (κ2) is 2.70. The minimum absolute atomic E-state index is 0.671. The summed E-state index contributed by atoms with van der Waals surface area (Å²) >= 11 is 0. The quantitative estimate of drug-likeness (QED) is 0.675. The van der Waals surface area contributed by atoms with Crippen LogP contribution in [-0.2, 0) is 12.8 Å². The lowest BCUT2D eigenvalue weighted by molar-refractivity contribution is 0.673. The zero-order valence-corrected chi connectivity index (χ0v) is 7.90. The molecule has 2 aromatic rings. The Morgan fingerprint density at radius 1 is 1.29 bits per heavy atom. The Kier molecular flexibility index (Phi) is 1.50. The van der Waals surface area contributed by atoms with E-state index in [1.54, 1.807) is 16.8 Å². The molecule has 2 heterocycles. The summed E-state index contributed by atoms with van der Waals surface area (Å²) in [6, 6.07) is 1.78. The predicted molar refractivity (Wildman–Crippen MR) is 54.0 cm³/mol. The van der Waals surface area contributed by atoms with Crippen LogP contribution in [0.4, 0.5) is 5.82 Å². The number of nitrogens with two attached hydrogens (primary N) is 1. The largest absolute Gasteiger partial charge is 0.384 e. The van der Waals surface area contributed by atoms with E-state index in [0.29, 0.717) is 5.82 Å². The van der Waals surface area contributed by atoms with Crippen molar-refractivity contribution < 1.29 is 0 Å². The van der Waals surface area contributed by atoms with Gasteiger partial charge in [0, 0.05) is 11.8 Å². The van der Waals surface area contributed by atoms with Crippen LogP contribution in [0.2, 0.25) is 0 Å². The fourth-order valence-corrected chi connectivity index (χ4v) is 2.10. The molecular formula is C10H12N4. The molecule has 0 radical (unpaired) electrons. The van der Waals surface area contributed by atoms with Crippen molar-refractivity contribution in [3.63, 3.8) is 0 Å². The molecular weight excluding hydrogens is 176 g/mol. The average Bonchev–Trinajstić information content (AvgIpc) is 2.59. The Hall–Kier alpha value is -1.58. The van der Waals surface area contributed by atoms with E-state index >= 15 is 0 Å². The number of nitrogen functional groups attached to an aromatic ring is 1. The summed E-state index contributed by atoms with van der Waals surface area (Å²) in [6.07, 6.45) is 6.39. The number of nitrogens with zero attached hydrogens (tertiary/aromatic N) is 3. The molecule has 0 aromatic carbocycles. The maximum atomic E-state index is 5.83. The zero-order chi connectivity index (χ0) is 9.54. The second-order valence-corrected chi connectivity index (χ2v) is 3.74. The van der Waals surface area contributed by atoms with Crippen molar-refractivity contribution in [1.82, 2.24) is 14.6 Å². The molecule has 0 amide bonds. The van der Waals surface area contributed by atoms with Crippen LogP contribution in [0.5, 0.6) is 0 Å². The molecule has 0 spiro atoms. The molecule has 0 unspecified atom stereocenters. The number of rotatable bonds is 0. The lowest BCUT2D eigenvalue weighted by atomic mass is 9.98. The number of anilines is 1. The van der Waals surface area contributed by atoms with Gasteiger partial charge in [0.1, 0.15) is 5.82 Å². The van der Waals surface area contributed by atoms with Crippen LogP contribution in [0.3, 0.4) is 0 Å². The van der Waals surface area contributed by atoms with Gasteiger partial charge in [-0.15, -0.1) is 0 Å². The van der Waals surface area contributed by atoms with Gasteiger partial charge in [-0.05, 0) is 31.7 Å². The molecule has 4 nitrogen and oxygen atoms in total. The zero-order valence-electron chi connectivity index (χ0n) is 7.90. The Morgan fingerprint density at radius 2 is 2.14 bits per heavy atom. The lowest BCUT2D eigenvalue weighted by Crippen LogP contribution is -2.00. The van der Waals surface area contributed by atoms with Crippen LogP contribution in [0.15, 0.2) is 12.3 Å². The minimum atomic E-state index is 0.671. The summed E-state index contributed by atoms with van der Waals surface area (Å²) in [5.41, 5.74) is 9.25. The summed E-state index contributed by atoms with van der Waals surface area (Å²) < 4.78 is 1.76. The van der Waals surface area contributed by atoms with Crippen molar-refractivity contribution in [2.45, 2.75) is 25.7 Å². The van der Waals surface area contributed by atoms with E-state index in [0.717, 1.165) is 18.5 Å². The summed E-state index contributed by atoms with van der Waals surface area (Å²) in [6.45, 7) is 0. The summed E-state index contributed by atoms with van der Waals surface area (Å²) in [5.74, 6) is 0.671. The van der Waals surface area contributed by atoms with E-state index in [1.165, 1.54) is 24.1 Å². The summed E-state index contributed by atoms with van der Waals surface area (Å²) in [4.78, 5) is 4.34. The third-order valence-corrected chi connectivity index (χ3v) is 2.82. The van der Waals surface area contributed by atoms with Gasteiger partial charge in [0.2, 0.25) is 0 Å². The SMILES string of the molecule is Nc1ccnc2c3c(nn12)CCCC3. The van der Waals surface area contributed by atoms with E-state index in [9.17, 15) is 0 Å². The Balaban J connectivity index is 2.36. The third-order valence-electron chi connectivity index (χ3n) is 2.82. The van der Waals surface area contributed by atoms with E-state index in [1.807, 2.05) is 0 Å². The third kappa shape index (κ3) is 0.937. The van der Waals surface area contributed by atoms with E-state index < -0.39 is 0 Å². The first kappa shape index (κ1) is 7.79. The monoisotopic (exact) mass is 188 g/mol. The lowest BCUT2D eigenvalue weighted by Gasteiger charge is -2.07. The molecule has 2 N–H and O–H groups in total. The van der Waals surface area contributed by atoms with Crippen LogP contribution < -0.4 is 5.73 Å². The van der Waals surface area contributed by atoms with Gasteiger partial charge >= 0.3 is 0 Å². The Bertz CT molecular complexity index is 486. The molecule has 0 atom stereocenters. The van der Waals surface area contributed by atoms with Crippen molar-refractivity contribution in [1.29, 1.82) is 0 Å². The molecule has 14 heavy (non-hydrogen) atoms. The van der Waals surface area contributed by atoms with Crippen LogP contribution in [0.25, 0.3) is 5.65 Å². The van der Waals surface area contributed by atoms with Gasteiger partial charge in [0.15, 0.2) is 5.65 Å². The highest BCUT2D eigenvalue weighted by molar-refractivity contribution is 5.54. The van der Waals surface area contributed by atoms with Crippen molar-refractivity contribution in [2.75, 3.05) is 5.73 Å². The second-order valence-electron chi connectivity index (χ2n) is 3.74. The van der Waals surface area contributed by atoms with Crippen LogP contribution in [0, 0.1) is 0 Å². The van der Waals surface area contributed by atoms with E-state index in [-0.39, 0.29) is 0 Å². The van der Waals surface area contributed by atoms with Crippen molar-refractivity contribution in [3.05, 3.63) is 23.5 Å². The fourth-order valence-electron chi connectivity index (χ4n) is 2.10. The molecule has 0 aliphatic heterocycles. The summed E-state index contributed by atoms with van der Waals surface area (Å²) in [5, 5.41) is 4.48. The van der Waals surface area contributed by atoms with Gasteiger partial charge in [-0.1, -0.05) is 0 Å². The molecule has 1 aliphatic carbocycles. The van der Waals surface area contributed by atoms with Crippen molar-refractivity contribution in [3.8, 4) is 0 Å². The van der Waals surface area contributed by atoms with Crippen molar-refractivity contribution >= 4 is 11.5 Å². The molecule has 0 saturated carbocycles. The maximum Gasteiger partial charge on any atom is 0.160 e. The van der Waals surface area contributed by atoms with Crippen LogP contribution in [-0.4, -0.2) is 14.6 Å². The Labute approximate surface area is 81.8 Å². The van der Waals surface area contributed by atoms with E-state index in [2.05, 4.69) is 10.1 Å². The number of fused-ring (bicyclic) bond motifs is 3. The highest BCUT2D eigenvalue weighted by Gasteiger charge is 2.17. The smallest absolute Gasteiger partial charge is 0.160 e. The number of hydrogen-bond acceptors (Lipinski definition) is 3. The topological polar surface area (TPSA) is 56.2 Å². The van der Waals surface area contributed by atoms with E-state index in [4.69, 9.17) is 5.73 Å². The van der Waals surface area contributed by atoms with Gasteiger partial charge in [-0.25, -0.2) is 4.98 Å². The van der Waals surface area contributed by atoms with Gasteiger partial charge in [-0.3, -0.25) is 0 Å². The van der Waals surface area contributed by atoms with Crippen LogP contribution in [0.1, 0.15) is 24.1 Å². The molecule has 2 aromatic heterocycles. The number of aromatic nitrogens is 3. The molecule has 3 rings (SSSR count). The molecule has 0 bridgehead atoms. The summed E-state index contributed by atoms with van der Waals surface area (Å²) in [7, 11) is 0. The fraction of sp³-hybridized carbons (Fsp3) is 0.400. The first-order valence-corrected chi connectivity index (χ1v) is 4.97. The van der Waals surface area contributed by atoms with Crippen molar-refractivity contribution in [2.24, 2.45) is 0 Å². The van der Waals surface area contributed by atoms with Gasteiger partial charge in [-0.2, -0.15) is 9.61 Å². The van der Waals surface area contributed by atoms with Gasteiger partial charge in [0.05, 0.1) is 5.69 Å². The highest BCUT2D eigenvalue weighted by Crippen LogP contribution is 2.24. The minimum Gasteiger partial charge on any atom is -0.384 e. The van der Waals surface area contributed by atoms with Gasteiger partial charge < -0.3 is 5.73 Å². The molecule has 4 heteroatoms. The number of aryl methyl sites for hydroxylation is 2. The molecule has 1 aliphatic rings. The maximum absolute atomic E-state index is 5.83. The highest BCUT2D eigenvalue weighted by atomic mass is 15.3. The molecule has 72 valence electrons. The van der Waals surface area contributed by atoms with Crippen LogP contribution >= 0.6 is 0 Å². The molecule has 0 fully saturated rings. The Morgan fingerprint density at radius 3 is 3.07 bits per heavy atom. The molecule has 0 saturated heterocycles. The standard InChI is InChI=1S/C10H12N4/c11-9-5-6-12-10-7-3-1-2-4-8(7)13-14(9)10/h5-6H,1-4,11H2. The first-order valence-electron chi connectivity index (χ1n) is 4.97. The normalized spacial score (nSPS) is 15.7. The number of hydrogen-bond donors (Lipinski definition) is 1. The van der Waals surface area contributed by atoms with Gasteiger partial charge in [0.25, 0.3) is 0 Å².